The van der Waals surface area contributed by atoms with E-state index >= 15 is 0 Å². The molecule has 1 heterocycles. The Morgan fingerprint density at radius 2 is 1.75 bits per heavy atom. The number of amides is 2. The minimum Gasteiger partial charge on any atom is -0.482 e. The van der Waals surface area contributed by atoms with Gasteiger partial charge >= 0.3 is 5.97 Å². The van der Waals surface area contributed by atoms with Crippen molar-refractivity contribution in [2.75, 3.05) is 6.61 Å². The monoisotopic (exact) mass is 279 g/mol. The molecule has 2 amide bonds. The fraction of sp³-hybridized carbons (Fsp3) is 0.231. The molecule has 1 aliphatic rings. The van der Waals surface area contributed by atoms with Crippen LogP contribution in [0.1, 0.15) is 23.2 Å². The number of carbonyl (C=O) groups is 4. The lowest BCUT2D eigenvalue weighted by Crippen LogP contribution is -2.18. The number of ether oxygens (including phenoxy) is 1. The van der Waals surface area contributed by atoms with Crippen molar-refractivity contribution >= 4 is 24.1 Å². The van der Waals surface area contributed by atoms with E-state index in [1.807, 2.05) is 0 Å². The molecule has 0 spiro atoms. The molecule has 1 aromatic rings. The lowest BCUT2D eigenvalue weighted by atomic mass is 10.2. The van der Waals surface area contributed by atoms with Gasteiger partial charge in [-0.25, -0.2) is 4.79 Å². The quantitative estimate of drug-likeness (QED) is 0.609. The predicted molar refractivity (Wildman–Crippen MR) is 67.3 cm³/mol. The number of aliphatic carboxylic acids is 1. The maximum atomic E-state index is 10.2. The second-order valence-electron chi connectivity index (χ2n) is 3.84. The molecule has 0 unspecified atom stereocenters. The van der Waals surface area contributed by atoms with Crippen molar-refractivity contribution in [3.63, 3.8) is 0 Å². The van der Waals surface area contributed by atoms with Gasteiger partial charge in [-0.15, -0.1) is 0 Å². The van der Waals surface area contributed by atoms with E-state index in [4.69, 9.17) is 9.84 Å². The summed E-state index contributed by atoms with van der Waals surface area (Å²) in [5.74, 6) is -0.887. The van der Waals surface area contributed by atoms with Crippen LogP contribution in [0.5, 0.6) is 5.75 Å². The molecule has 20 heavy (non-hydrogen) atoms. The molecule has 0 bridgehead atoms. The molecule has 1 aromatic carbocycles. The van der Waals surface area contributed by atoms with Crippen molar-refractivity contribution in [3.05, 3.63) is 29.8 Å². The van der Waals surface area contributed by atoms with Crippen LogP contribution < -0.4 is 10.1 Å². The van der Waals surface area contributed by atoms with Gasteiger partial charge in [0.15, 0.2) is 6.61 Å². The van der Waals surface area contributed by atoms with Gasteiger partial charge < -0.3 is 9.84 Å². The van der Waals surface area contributed by atoms with Crippen molar-refractivity contribution in [1.29, 1.82) is 0 Å². The zero-order valence-corrected chi connectivity index (χ0v) is 10.5. The first kappa shape index (κ1) is 15.4. The van der Waals surface area contributed by atoms with E-state index in [2.05, 4.69) is 5.32 Å². The van der Waals surface area contributed by atoms with Crippen LogP contribution in [-0.2, 0) is 14.4 Å². The highest BCUT2D eigenvalue weighted by molar-refractivity contribution is 6.01. The molecular formula is C13H13NO6. The lowest BCUT2D eigenvalue weighted by molar-refractivity contribution is -0.139. The molecule has 0 radical (unpaired) electrons. The maximum absolute atomic E-state index is 10.2. The van der Waals surface area contributed by atoms with Gasteiger partial charge in [-0.3, -0.25) is 19.7 Å². The molecule has 0 aliphatic carbocycles. The van der Waals surface area contributed by atoms with E-state index in [0.717, 1.165) is 0 Å². The van der Waals surface area contributed by atoms with Crippen molar-refractivity contribution in [2.24, 2.45) is 0 Å². The third kappa shape index (κ3) is 5.76. The van der Waals surface area contributed by atoms with Crippen LogP contribution in [0.15, 0.2) is 24.3 Å². The molecule has 0 aromatic heterocycles. The van der Waals surface area contributed by atoms with Gasteiger partial charge in [0, 0.05) is 18.4 Å². The maximum Gasteiger partial charge on any atom is 0.341 e. The van der Waals surface area contributed by atoms with E-state index in [9.17, 15) is 19.2 Å². The second-order valence-corrected chi connectivity index (χ2v) is 3.84. The Kier molecular flexibility index (Phi) is 5.89. The number of imide groups is 1. The van der Waals surface area contributed by atoms with Gasteiger partial charge in [-0.2, -0.15) is 0 Å². The SMILES string of the molecule is O=C1CCC(=O)N1.O=Cc1ccc(OCC(=O)O)cc1. The number of nitrogens with one attached hydrogen (secondary N) is 1. The standard InChI is InChI=1S/C9H8O4.C4H5NO2/c10-5-7-1-3-8(4-2-7)13-6-9(11)12;6-3-1-2-4(7)5-3/h1-5H,6H2,(H,11,12);1-2H2,(H,5,6,7). The smallest absolute Gasteiger partial charge is 0.341 e. The number of carbonyl (C=O) groups excluding carboxylic acids is 3. The Bertz CT molecular complexity index is 494. The van der Waals surface area contributed by atoms with Crippen LogP contribution in [0.2, 0.25) is 0 Å². The van der Waals surface area contributed by atoms with Crippen molar-refractivity contribution in [3.8, 4) is 5.75 Å². The summed E-state index contributed by atoms with van der Waals surface area (Å²) in [5, 5.41) is 10.4. The summed E-state index contributed by atoms with van der Waals surface area (Å²) in [6.07, 6.45) is 1.46. The summed E-state index contributed by atoms with van der Waals surface area (Å²) in [7, 11) is 0. The summed E-state index contributed by atoms with van der Waals surface area (Å²) in [6.45, 7) is -0.375. The van der Waals surface area contributed by atoms with E-state index in [1.54, 1.807) is 24.3 Å². The summed E-state index contributed by atoms with van der Waals surface area (Å²) < 4.78 is 4.85. The zero-order chi connectivity index (χ0) is 15.0. The number of benzene rings is 1. The molecule has 1 fully saturated rings. The Morgan fingerprint density at radius 1 is 1.20 bits per heavy atom. The van der Waals surface area contributed by atoms with Crippen LogP contribution in [-0.4, -0.2) is 35.8 Å². The minimum absolute atomic E-state index is 0.148. The second kappa shape index (κ2) is 7.67. The summed E-state index contributed by atoms with van der Waals surface area (Å²) >= 11 is 0. The topological polar surface area (TPSA) is 110 Å². The fourth-order valence-corrected chi connectivity index (χ4v) is 1.30. The Morgan fingerprint density at radius 3 is 2.10 bits per heavy atom. The van der Waals surface area contributed by atoms with Crippen LogP contribution >= 0.6 is 0 Å². The molecule has 0 saturated carbocycles. The first-order chi connectivity index (χ1) is 9.51. The first-order valence-electron chi connectivity index (χ1n) is 5.74. The van der Waals surface area contributed by atoms with Gasteiger partial charge in [0.25, 0.3) is 0 Å². The summed E-state index contributed by atoms with van der Waals surface area (Å²) in [5.41, 5.74) is 0.530. The minimum atomic E-state index is -1.03. The highest BCUT2D eigenvalue weighted by atomic mass is 16.5. The van der Waals surface area contributed by atoms with Gasteiger partial charge in [-0.05, 0) is 24.3 Å². The molecule has 7 nitrogen and oxygen atoms in total. The third-order valence-corrected chi connectivity index (χ3v) is 2.24. The van der Waals surface area contributed by atoms with Gasteiger partial charge in [0.05, 0.1) is 0 Å². The predicted octanol–water partition coefficient (Wildman–Crippen LogP) is 0.385. The van der Waals surface area contributed by atoms with Gasteiger partial charge in [0.2, 0.25) is 11.8 Å². The van der Waals surface area contributed by atoms with E-state index in [-0.39, 0.29) is 18.4 Å². The molecule has 0 atom stereocenters. The van der Waals surface area contributed by atoms with Crippen molar-refractivity contribution in [2.45, 2.75) is 12.8 Å². The van der Waals surface area contributed by atoms with Crippen LogP contribution in [0.25, 0.3) is 0 Å². The Hall–Kier alpha value is -2.70. The Balaban J connectivity index is 0.000000240. The zero-order valence-electron chi connectivity index (χ0n) is 10.5. The molecule has 106 valence electrons. The van der Waals surface area contributed by atoms with Gasteiger partial charge in [-0.1, -0.05) is 0 Å². The highest BCUT2D eigenvalue weighted by Gasteiger charge is 2.15. The van der Waals surface area contributed by atoms with Crippen molar-refractivity contribution < 1.29 is 29.0 Å². The summed E-state index contributed by atoms with van der Waals surface area (Å²) in [6, 6.07) is 6.22. The van der Waals surface area contributed by atoms with Crippen LogP contribution in [0.3, 0.4) is 0 Å². The molecular weight excluding hydrogens is 266 g/mol. The normalized spacial score (nSPS) is 13.0. The molecule has 2 rings (SSSR count). The number of rotatable bonds is 4. The molecule has 1 aliphatic heterocycles. The number of carboxylic acid groups (broad SMARTS) is 1. The lowest BCUT2D eigenvalue weighted by Gasteiger charge is -2.01. The van der Waals surface area contributed by atoms with E-state index in [0.29, 0.717) is 30.4 Å². The third-order valence-electron chi connectivity index (χ3n) is 2.24. The largest absolute Gasteiger partial charge is 0.482 e. The number of hydrogen-bond acceptors (Lipinski definition) is 5. The van der Waals surface area contributed by atoms with E-state index < -0.39 is 5.97 Å². The van der Waals surface area contributed by atoms with E-state index in [1.165, 1.54) is 0 Å². The molecule has 1 saturated heterocycles. The van der Waals surface area contributed by atoms with Crippen molar-refractivity contribution in [1.82, 2.24) is 5.32 Å². The fourth-order valence-electron chi connectivity index (χ4n) is 1.30. The average Bonchev–Trinajstić information content (AvgIpc) is 2.81. The van der Waals surface area contributed by atoms with Crippen LogP contribution in [0, 0.1) is 0 Å². The molecule has 2 N–H and O–H groups in total. The van der Waals surface area contributed by atoms with Gasteiger partial charge in [0.1, 0.15) is 12.0 Å². The number of aldehydes is 1. The Labute approximate surface area is 114 Å². The first-order valence-corrected chi connectivity index (χ1v) is 5.74. The number of hydrogen-bond donors (Lipinski definition) is 2. The highest BCUT2D eigenvalue weighted by Crippen LogP contribution is 2.10. The molecule has 7 heteroatoms. The number of carboxylic acids is 1. The van der Waals surface area contributed by atoms with Crippen LogP contribution in [0.4, 0.5) is 0 Å². The summed E-state index contributed by atoms with van der Waals surface area (Å²) in [4.78, 5) is 40.6. The average molecular weight is 279 g/mol.